The van der Waals surface area contributed by atoms with Crippen LogP contribution in [0.4, 0.5) is 0 Å². The number of hydrogen-bond acceptors (Lipinski definition) is 3. The summed E-state index contributed by atoms with van der Waals surface area (Å²) in [4.78, 5) is 8.52. The van der Waals surface area contributed by atoms with Crippen LogP contribution in [0.2, 0.25) is 5.15 Å². The van der Waals surface area contributed by atoms with Gasteiger partial charge >= 0.3 is 0 Å². The van der Waals surface area contributed by atoms with Gasteiger partial charge in [0, 0.05) is 25.9 Å². The topological polar surface area (TPSA) is 58.5 Å². The van der Waals surface area contributed by atoms with Gasteiger partial charge < -0.3 is 15.4 Å². The van der Waals surface area contributed by atoms with Crippen LogP contribution in [0.1, 0.15) is 19.4 Å². The Morgan fingerprint density at radius 2 is 2.25 bits per heavy atom. The Morgan fingerprint density at radius 1 is 1.50 bits per heavy atom. The van der Waals surface area contributed by atoms with Gasteiger partial charge in [-0.05, 0) is 25.5 Å². The minimum Gasteiger partial charge on any atom is -0.383 e. The SMILES string of the molecule is CCNC(=NCc1ccc(Cl)nc1)NC(C)COC.I. The molecule has 1 aromatic heterocycles. The van der Waals surface area contributed by atoms with Crippen molar-refractivity contribution in [1.29, 1.82) is 0 Å². The zero-order valence-electron chi connectivity index (χ0n) is 12.0. The van der Waals surface area contributed by atoms with E-state index in [1.807, 2.05) is 19.9 Å². The van der Waals surface area contributed by atoms with E-state index in [9.17, 15) is 0 Å². The summed E-state index contributed by atoms with van der Waals surface area (Å²) in [5.74, 6) is 0.766. The smallest absolute Gasteiger partial charge is 0.191 e. The molecule has 2 N–H and O–H groups in total. The number of ether oxygens (including phenoxy) is 1. The van der Waals surface area contributed by atoms with Crippen LogP contribution in [-0.2, 0) is 11.3 Å². The quantitative estimate of drug-likeness (QED) is 0.326. The number of halogens is 2. The lowest BCUT2D eigenvalue weighted by Gasteiger charge is -2.16. The average Bonchev–Trinajstić information content (AvgIpc) is 2.38. The zero-order valence-corrected chi connectivity index (χ0v) is 15.1. The standard InChI is InChI=1S/C13H21ClN4O.HI/c1-4-15-13(18-10(2)9-19-3)17-8-11-5-6-12(14)16-7-11;/h5-7,10H,4,8-9H2,1-3H3,(H2,15,17,18);1H. The molecule has 0 amide bonds. The van der Waals surface area contributed by atoms with Gasteiger partial charge in [0.25, 0.3) is 0 Å². The van der Waals surface area contributed by atoms with E-state index >= 15 is 0 Å². The van der Waals surface area contributed by atoms with Gasteiger partial charge in [-0.3, -0.25) is 0 Å². The first-order valence-electron chi connectivity index (χ1n) is 6.30. The van der Waals surface area contributed by atoms with Crippen molar-refractivity contribution in [3.63, 3.8) is 0 Å². The van der Waals surface area contributed by atoms with Crippen LogP contribution in [0.3, 0.4) is 0 Å². The first-order valence-corrected chi connectivity index (χ1v) is 6.67. The van der Waals surface area contributed by atoms with Gasteiger partial charge in [0.05, 0.1) is 13.2 Å². The van der Waals surface area contributed by atoms with Gasteiger partial charge in [0.15, 0.2) is 5.96 Å². The van der Waals surface area contributed by atoms with Crippen molar-refractivity contribution in [2.24, 2.45) is 4.99 Å². The number of nitrogens with one attached hydrogen (secondary N) is 2. The molecular weight excluding hydrogens is 391 g/mol. The third kappa shape index (κ3) is 7.86. The molecule has 0 fully saturated rings. The second-order valence-electron chi connectivity index (χ2n) is 4.19. The van der Waals surface area contributed by atoms with Crippen LogP contribution in [-0.4, -0.2) is 37.2 Å². The van der Waals surface area contributed by atoms with Crippen LogP contribution in [0.25, 0.3) is 0 Å². The van der Waals surface area contributed by atoms with E-state index in [0.717, 1.165) is 18.1 Å². The van der Waals surface area contributed by atoms with Crippen LogP contribution in [0.15, 0.2) is 23.3 Å². The largest absolute Gasteiger partial charge is 0.383 e. The fourth-order valence-electron chi connectivity index (χ4n) is 1.52. The lowest BCUT2D eigenvalue weighted by molar-refractivity contribution is 0.179. The molecule has 1 aromatic rings. The van der Waals surface area contributed by atoms with Gasteiger partial charge in [-0.1, -0.05) is 17.7 Å². The number of methoxy groups -OCH3 is 1. The summed E-state index contributed by atoms with van der Waals surface area (Å²) in [5, 5.41) is 6.95. The fraction of sp³-hybridized carbons (Fsp3) is 0.538. The average molecular weight is 413 g/mol. The Morgan fingerprint density at radius 3 is 2.80 bits per heavy atom. The normalized spacial score (nSPS) is 12.5. The maximum Gasteiger partial charge on any atom is 0.191 e. The van der Waals surface area contributed by atoms with Gasteiger partial charge in [0.2, 0.25) is 0 Å². The van der Waals surface area contributed by atoms with E-state index in [0.29, 0.717) is 18.3 Å². The summed E-state index contributed by atoms with van der Waals surface area (Å²) in [6, 6.07) is 3.88. The summed E-state index contributed by atoms with van der Waals surface area (Å²) < 4.78 is 5.09. The van der Waals surface area contributed by atoms with Crippen molar-refractivity contribution >= 4 is 41.5 Å². The number of aliphatic imine (C=N–C) groups is 1. The van der Waals surface area contributed by atoms with Crippen molar-refractivity contribution in [2.75, 3.05) is 20.3 Å². The van der Waals surface area contributed by atoms with E-state index < -0.39 is 0 Å². The van der Waals surface area contributed by atoms with E-state index in [1.165, 1.54) is 0 Å². The molecule has 1 heterocycles. The summed E-state index contributed by atoms with van der Waals surface area (Å²) in [6.45, 7) is 6.07. The van der Waals surface area contributed by atoms with Crippen LogP contribution >= 0.6 is 35.6 Å². The highest BCUT2D eigenvalue weighted by Crippen LogP contribution is 2.06. The molecule has 5 nitrogen and oxygen atoms in total. The second kappa shape index (κ2) is 11.1. The molecule has 114 valence electrons. The van der Waals surface area contributed by atoms with Gasteiger partial charge in [-0.25, -0.2) is 9.98 Å². The van der Waals surface area contributed by atoms with E-state index in [4.69, 9.17) is 16.3 Å². The molecule has 7 heteroatoms. The molecule has 1 atom stereocenters. The lowest BCUT2D eigenvalue weighted by Crippen LogP contribution is -2.43. The molecule has 20 heavy (non-hydrogen) atoms. The molecule has 0 aliphatic heterocycles. The second-order valence-corrected chi connectivity index (χ2v) is 4.57. The van der Waals surface area contributed by atoms with Crippen molar-refractivity contribution in [3.05, 3.63) is 29.0 Å². The Labute approximate surface area is 142 Å². The Balaban J connectivity index is 0.00000361. The van der Waals surface area contributed by atoms with Crippen molar-refractivity contribution in [1.82, 2.24) is 15.6 Å². The third-order valence-electron chi connectivity index (χ3n) is 2.35. The molecule has 0 spiro atoms. The highest BCUT2D eigenvalue weighted by atomic mass is 127. The number of rotatable bonds is 6. The number of pyridine rings is 1. The molecule has 1 unspecified atom stereocenters. The molecule has 0 bridgehead atoms. The van der Waals surface area contributed by atoms with E-state index in [1.54, 1.807) is 19.4 Å². The minimum absolute atomic E-state index is 0. The maximum absolute atomic E-state index is 5.74. The monoisotopic (exact) mass is 412 g/mol. The Hall–Kier alpha value is -0.600. The predicted octanol–water partition coefficient (Wildman–Crippen LogP) is 2.44. The highest BCUT2D eigenvalue weighted by Gasteiger charge is 2.04. The van der Waals surface area contributed by atoms with Gasteiger partial charge in [-0.2, -0.15) is 0 Å². The predicted molar refractivity (Wildman–Crippen MR) is 94.0 cm³/mol. The molecule has 0 radical (unpaired) electrons. The summed E-state index contributed by atoms with van der Waals surface area (Å²) in [6.07, 6.45) is 1.73. The number of hydrogen-bond donors (Lipinski definition) is 2. The zero-order chi connectivity index (χ0) is 14.1. The molecule has 0 aromatic carbocycles. The third-order valence-corrected chi connectivity index (χ3v) is 2.58. The maximum atomic E-state index is 5.74. The minimum atomic E-state index is 0. The first kappa shape index (κ1) is 19.4. The molecular formula is C13H22ClIN4O. The summed E-state index contributed by atoms with van der Waals surface area (Å²) in [7, 11) is 1.68. The highest BCUT2D eigenvalue weighted by molar-refractivity contribution is 14.0. The Bertz CT molecular complexity index is 400. The number of aromatic nitrogens is 1. The Kier molecular flexibility index (Phi) is 10.8. The van der Waals surface area contributed by atoms with Crippen molar-refractivity contribution < 1.29 is 4.74 Å². The summed E-state index contributed by atoms with van der Waals surface area (Å²) in [5.41, 5.74) is 1.01. The summed E-state index contributed by atoms with van der Waals surface area (Å²) >= 11 is 5.74. The van der Waals surface area contributed by atoms with Crippen molar-refractivity contribution in [3.8, 4) is 0 Å². The molecule has 0 saturated carbocycles. The van der Waals surface area contributed by atoms with Crippen LogP contribution < -0.4 is 10.6 Å². The molecule has 0 saturated heterocycles. The van der Waals surface area contributed by atoms with E-state index in [-0.39, 0.29) is 30.0 Å². The molecule has 1 rings (SSSR count). The first-order chi connectivity index (χ1) is 9.15. The lowest BCUT2D eigenvalue weighted by atomic mass is 10.3. The van der Waals surface area contributed by atoms with Crippen LogP contribution in [0, 0.1) is 0 Å². The van der Waals surface area contributed by atoms with Gasteiger partial charge in [-0.15, -0.1) is 24.0 Å². The van der Waals surface area contributed by atoms with Crippen molar-refractivity contribution in [2.45, 2.75) is 26.4 Å². The van der Waals surface area contributed by atoms with Gasteiger partial charge in [0.1, 0.15) is 5.15 Å². The molecule has 0 aliphatic carbocycles. The number of guanidine groups is 1. The number of nitrogens with zero attached hydrogens (tertiary/aromatic N) is 2. The fourth-order valence-corrected chi connectivity index (χ4v) is 1.63. The molecule has 0 aliphatic rings. The van der Waals surface area contributed by atoms with Crippen LogP contribution in [0.5, 0.6) is 0 Å². The van der Waals surface area contributed by atoms with E-state index in [2.05, 4.69) is 20.6 Å².